The molecule has 0 saturated carbocycles. The highest BCUT2D eigenvalue weighted by atomic mass is 16.1. The molecule has 0 spiro atoms. The zero-order valence-corrected chi connectivity index (χ0v) is 7.86. The minimum absolute atomic E-state index is 0.443. The molecule has 2 nitrogen and oxygen atoms in total. The molecule has 68 valence electrons. The molecule has 2 atom stereocenters. The second kappa shape index (κ2) is 4.41. The minimum Gasteiger partial charge on any atom is -0.303 e. The van der Waals surface area contributed by atoms with Crippen LogP contribution >= 0.6 is 0 Å². The van der Waals surface area contributed by atoms with E-state index in [1.807, 2.05) is 6.92 Å². The van der Waals surface area contributed by atoms with Gasteiger partial charge in [0.15, 0.2) is 0 Å². The van der Waals surface area contributed by atoms with Crippen LogP contribution in [0.5, 0.6) is 0 Å². The van der Waals surface area contributed by atoms with Gasteiger partial charge in [-0.3, -0.25) is 0 Å². The van der Waals surface area contributed by atoms with Crippen LogP contribution in [0.3, 0.4) is 0 Å². The average molecular weight is 167 g/mol. The molecule has 0 aliphatic carbocycles. The molecule has 1 saturated heterocycles. The van der Waals surface area contributed by atoms with Crippen LogP contribution < -0.4 is 0 Å². The topological polar surface area (TPSA) is 20.3 Å². The van der Waals surface area contributed by atoms with E-state index in [4.69, 9.17) is 0 Å². The number of aldehydes is 1. The van der Waals surface area contributed by atoms with Crippen LogP contribution in [0.2, 0.25) is 0 Å². The van der Waals surface area contributed by atoms with Crippen molar-refractivity contribution >= 4 is 6.29 Å². The van der Waals surface area contributed by atoms with E-state index >= 15 is 0 Å². The second-order valence-electron chi connectivity index (χ2n) is 3.43. The fourth-order valence-corrected chi connectivity index (χ4v) is 1.96. The summed E-state index contributed by atoms with van der Waals surface area (Å²) < 4.78 is 0. The van der Waals surface area contributed by atoms with Gasteiger partial charge in [0.25, 0.3) is 0 Å². The third-order valence-corrected chi connectivity index (χ3v) is 2.65. The number of nitrogens with zero attached hydrogens (tertiary/aromatic N) is 1. The second-order valence-corrected chi connectivity index (χ2v) is 3.43. The van der Waals surface area contributed by atoms with Gasteiger partial charge in [0.1, 0.15) is 6.29 Å². The highest BCUT2D eigenvalue weighted by Crippen LogP contribution is 2.25. The standard InChI is InChI=1S/C10H17NO/c1-3-4-9-5-7-11(2)10(9)6-8-12/h3-4,8-10H,5-7H2,1-2H3/b4-3-. The molecule has 0 radical (unpaired) electrons. The number of carbonyl (C=O) groups excluding carboxylic acids is 1. The average Bonchev–Trinajstić information content (AvgIpc) is 2.37. The summed E-state index contributed by atoms with van der Waals surface area (Å²) in [5, 5.41) is 0. The first-order chi connectivity index (χ1) is 5.79. The third-order valence-electron chi connectivity index (χ3n) is 2.65. The molecule has 0 bridgehead atoms. The molecule has 12 heavy (non-hydrogen) atoms. The zero-order chi connectivity index (χ0) is 8.97. The quantitative estimate of drug-likeness (QED) is 0.468. The Labute approximate surface area is 74.2 Å². The SMILES string of the molecule is C/C=C\C1CCN(C)C1CC=O. The minimum atomic E-state index is 0.443. The van der Waals surface area contributed by atoms with Gasteiger partial charge in [-0.05, 0) is 32.9 Å². The van der Waals surface area contributed by atoms with E-state index in [2.05, 4.69) is 24.1 Å². The van der Waals surface area contributed by atoms with Crippen LogP contribution in [0, 0.1) is 5.92 Å². The number of rotatable bonds is 3. The van der Waals surface area contributed by atoms with E-state index in [9.17, 15) is 4.79 Å². The number of allylic oxidation sites excluding steroid dienone is 1. The molecule has 0 aromatic rings. The van der Waals surface area contributed by atoms with E-state index in [1.54, 1.807) is 0 Å². The van der Waals surface area contributed by atoms with Crippen molar-refractivity contribution in [1.29, 1.82) is 0 Å². The molecular formula is C10H17NO. The lowest BCUT2D eigenvalue weighted by Crippen LogP contribution is -2.28. The van der Waals surface area contributed by atoms with Crippen molar-refractivity contribution in [2.75, 3.05) is 13.6 Å². The van der Waals surface area contributed by atoms with E-state index in [0.717, 1.165) is 12.8 Å². The molecule has 2 heteroatoms. The Bertz CT molecular complexity index is 177. The summed E-state index contributed by atoms with van der Waals surface area (Å²) in [4.78, 5) is 12.7. The molecule has 1 rings (SSSR count). The van der Waals surface area contributed by atoms with Crippen molar-refractivity contribution in [1.82, 2.24) is 4.90 Å². The summed E-state index contributed by atoms with van der Waals surface area (Å²) in [6.07, 6.45) is 7.20. The van der Waals surface area contributed by atoms with Crippen molar-refractivity contribution in [2.45, 2.75) is 25.8 Å². The van der Waals surface area contributed by atoms with Crippen molar-refractivity contribution < 1.29 is 4.79 Å². The van der Waals surface area contributed by atoms with E-state index in [1.165, 1.54) is 6.42 Å². The highest BCUT2D eigenvalue weighted by molar-refractivity contribution is 5.50. The molecule has 1 aliphatic rings. The number of hydrogen-bond donors (Lipinski definition) is 0. The van der Waals surface area contributed by atoms with Crippen LogP contribution in [0.4, 0.5) is 0 Å². The molecule has 0 aromatic heterocycles. The fourth-order valence-electron chi connectivity index (χ4n) is 1.96. The van der Waals surface area contributed by atoms with Crippen LogP contribution in [-0.2, 0) is 4.79 Å². The summed E-state index contributed by atoms with van der Waals surface area (Å²) in [5.41, 5.74) is 0. The van der Waals surface area contributed by atoms with Gasteiger partial charge >= 0.3 is 0 Å². The van der Waals surface area contributed by atoms with Gasteiger partial charge in [-0.25, -0.2) is 0 Å². The molecule has 0 amide bonds. The van der Waals surface area contributed by atoms with Crippen molar-refractivity contribution in [3.05, 3.63) is 12.2 Å². The Balaban J connectivity index is 2.56. The molecule has 1 aliphatic heterocycles. The van der Waals surface area contributed by atoms with Gasteiger partial charge in [0.2, 0.25) is 0 Å². The predicted molar refractivity (Wildman–Crippen MR) is 50.0 cm³/mol. The summed E-state index contributed by atoms with van der Waals surface area (Å²) >= 11 is 0. The molecule has 2 unspecified atom stereocenters. The van der Waals surface area contributed by atoms with Gasteiger partial charge in [-0.1, -0.05) is 12.2 Å². The van der Waals surface area contributed by atoms with Crippen LogP contribution in [-0.4, -0.2) is 30.8 Å². The third kappa shape index (κ3) is 1.95. The van der Waals surface area contributed by atoms with E-state index in [0.29, 0.717) is 18.4 Å². The van der Waals surface area contributed by atoms with Gasteiger partial charge < -0.3 is 9.69 Å². The van der Waals surface area contributed by atoms with Gasteiger partial charge in [-0.2, -0.15) is 0 Å². The van der Waals surface area contributed by atoms with Crippen LogP contribution in [0.15, 0.2) is 12.2 Å². The van der Waals surface area contributed by atoms with Crippen molar-refractivity contribution in [2.24, 2.45) is 5.92 Å². The Morgan fingerprint density at radius 1 is 1.58 bits per heavy atom. The number of hydrogen-bond acceptors (Lipinski definition) is 2. The summed E-state index contributed by atoms with van der Waals surface area (Å²) in [6, 6.07) is 0.443. The first-order valence-electron chi connectivity index (χ1n) is 4.56. The highest BCUT2D eigenvalue weighted by Gasteiger charge is 2.28. The number of likely N-dealkylation sites (tertiary alicyclic amines) is 1. The molecule has 0 aromatic carbocycles. The first-order valence-corrected chi connectivity index (χ1v) is 4.56. The lowest BCUT2D eigenvalue weighted by molar-refractivity contribution is -0.108. The lowest BCUT2D eigenvalue weighted by Gasteiger charge is -2.20. The van der Waals surface area contributed by atoms with Crippen molar-refractivity contribution in [3.8, 4) is 0 Å². The predicted octanol–water partition coefficient (Wildman–Crippen LogP) is 1.47. The van der Waals surface area contributed by atoms with Crippen LogP contribution in [0.25, 0.3) is 0 Å². The molecular weight excluding hydrogens is 150 g/mol. The first kappa shape index (κ1) is 9.46. The fraction of sp³-hybridized carbons (Fsp3) is 0.700. The van der Waals surface area contributed by atoms with E-state index in [-0.39, 0.29) is 0 Å². The monoisotopic (exact) mass is 167 g/mol. The van der Waals surface area contributed by atoms with Gasteiger partial charge in [0.05, 0.1) is 0 Å². The maximum atomic E-state index is 10.4. The van der Waals surface area contributed by atoms with Crippen molar-refractivity contribution in [3.63, 3.8) is 0 Å². The lowest BCUT2D eigenvalue weighted by atomic mass is 9.98. The Kier molecular flexibility index (Phi) is 3.48. The largest absolute Gasteiger partial charge is 0.303 e. The number of carbonyl (C=O) groups is 1. The van der Waals surface area contributed by atoms with Gasteiger partial charge in [-0.15, -0.1) is 0 Å². The van der Waals surface area contributed by atoms with Gasteiger partial charge in [0, 0.05) is 12.5 Å². The Hall–Kier alpha value is -0.630. The smallest absolute Gasteiger partial charge is 0.121 e. The normalized spacial score (nSPS) is 31.5. The summed E-state index contributed by atoms with van der Waals surface area (Å²) in [5.74, 6) is 0.588. The Morgan fingerprint density at radius 2 is 2.33 bits per heavy atom. The molecule has 0 N–H and O–H groups in total. The Morgan fingerprint density at radius 3 is 2.92 bits per heavy atom. The zero-order valence-electron chi connectivity index (χ0n) is 7.86. The molecule has 1 fully saturated rings. The summed E-state index contributed by atoms with van der Waals surface area (Å²) in [6.45, 7) is 3.16. The maximum absolute atomic E-state index is 10.4. The van der Waals surface area contributed by atoms with Crippen LogP contribution in [0.1, 0.15) is 19.8 Å². The molecule has 1 heterocycles. The van der Waals surface area contributed by atoms with E-state index < -0.39 is 0 Å². The maximum Gasteiger partial charge on any atom is 0.121 e. The summed E-state index contributed by atoms with van der Waals surface area (Å²) in [7, 11) is 2.09.